The number of fused-ring (bicyclic) bond motifs is 1. The molecule has 1 amide bonds. The third kappa shape index (κ3) is 3.54. The summed E-state index contributed by atoms with van der Waals surface area (Å²) in [6.07, 6.45) is 0. The molecule has 0 saturated carbocycles. The minimum Gasteiger partial charge on any atom is -0.378 e. The van der Waals surface area contributed by atoms with Crippen molar-refractivity contribution in [3.63, 3.8) is 0 Å². The van der Waals surface area contributed by atoms with Crippen molar-refractivity contribution in [2.45, 2.75) is 5.03 Å². The zero-order valence-corrected chi connectivity index (χ0v) is 14.7. The van der Waals surface area contributed by atoms with E-state index in [1.54, 1.807) is 33.7 Å². The Morgan fingerprint density at radius 1 is 1.19 bits per heavy atom. The Morgan fingerprint density at radius 2 is 2.04 bits per heavy atom. The number of aromatic nitrogens is 4. The lowest BCUT2D eigenvalue weighted by molar-refractivity contribution is -0.132. The Hall–Kier alpha value is -2.52. The number of amides is 1. The van der Waals surface area contributed by atoms with Crippen LogP contribution in [0.3, 0.4) is 0 Å². The molecule has 1 aliphatic rings. The molecule has 0 atom stereocenters. The molecule has 0 spiro atoms. The molecule has 0 bridgehead atoms. The molecule has 1 aromatic carbocycles. The van der Waals surface area contributed by atoms with Crippen LogP contribution in [-0.2, 0) is 9.53 Å². The summed E-state index contributed by atoms with van der Waals surface area (Å²) < 4.78 is 20.3. The SMILES string of the molecule is O=C(CSc1ccc2nnc(-c3cccc(F)c3)n2n1)N1CCOCC1. The van der Waals surface area contributed by atoms with Gasteiger partial charge in [-0.2, -0.15) is 9.61 Å². The number of rotatable bonds is 4. The molecule has 26 heavy (non-hydrogen) atoms. The van der Waals surface area contributed by atoms with Gasteiger partial charge in [-0.1, -0.05) is 23.9 Å². The first-order valence-corrected chi connectivity index (χ1v) is 9.16. The van der Waals surface area contributed by atoms with Gasteiger partial charge in [0.25, 0.3) is 0 Å². The summed E-state index contributed by atoms with van der Waals surface area (Å²) in [5, 5.41) is 13.3. The average Bonchev–Trinajstić information content (AvgIpc) is 3.10. The molecule has 3 aromatic rings. The lowest BCUT2D eigenvalue weighted by Crippen LogP contribution is -2.41. The summed E-state index contributed by atoms with van der Waals surface area (Å²) in [6, 6.07) is 9.72. The third-order valence-corrected chi connectivity index (χ3v) is 4.93. The van der Waals surface area contributed by atoms with Crippen molar-refractivity contribution in [2.75, 3.05) is 32.1 Å². The van der Waals surface area contributed by atoms with E-state index in [4.69, 9.17) is 4.74 Å². The third-order valence-electron chi connectivity index (χ3n) is 4.03. The van der Waals surface area contributed by atoms with E-state index < -0.39 is 0 Å². The molecule has 0 N–H and O–H groups in total. The topological polar surface area (TPSA) is 72.6 Å². The standard InChI is InChI=1S/C17H16FN5O2S/c18-13-3-1-2-12(10-13)17-20-19-14-4-5-15(21-23(14)17)26-11-16(24)22-6-8-25-9-7-22/h1-5,10H,6-9,11H2. The van der Waals surface area contributed by atoms with Crippen molar-refractivity contribution in [3.8, 4) is 11.4 Å². The van der Waals surface area contributed by atoms with Crippen LogP contribution >= 0.6 is 11.8 Å². The molecule has 7 nitrogen and oxygen atoms in total. The maximum Gasteiger partial charge on any atom is 0.233 e. The number of nitrogens with zero attached hydrogens (tertiary/aromatic N) is 5. The van der Waals surface area contributed by atoms with E-state index in [1.165, 1.54) is 23.9 Å². The fourth-order valence-electron chi connectivity index (χ4n) is 2.70. The van der Waals surface area contributed by atoms with E-state index in [9.17, 15) is 9.18 Å². The van der Waals surface area contributed by atoms with E-state index in [-0.39, 0.29) is 11.7 Å². The molecular weight excluding hydrogens is 357 g/mol. The Labute approximate surface area is 153 Å². The molecule has 3 heterocycles. The smallest absolute Gasteiger partial charge is 0.233 e. The molecule has 1 fully saturated rings. The first-order chi connectivity index (χ1) is 12.7. The van der Waals surface area contributed by atoms with Crippen molar-refractivity contribution in [2.24, 2.45) is 0 Å². The minimum absolute atomic E-state index is 0.0642. The Balaban J connectivity index is 1.53. The largest absolute Gasteiger partial charge is 0.378 e. The van der Waals surface area contributed by atoms with Crippen LogP contribution in [0.15, 0.2) is 41.4 Å². The van der Waals surface area contributed by atoms with E-state index in [0.29, 0.717) is 54.1 Å². The number of hydrogen-bond donors (Lipinski definition) is 0. The fraction of sp³-hybridized carbons (Fsp3) is 0.294. The van der Waals surface area contributed by atoms with Gasteiger partial charge in [-0.15, -0.1) is 10.2 Å². The number of ether oxygens (including phenoxy) is 1. The van der Waals surface area contributed by atoms with Crippen LogP contribution in [0.4, 0.5) is 4.39 Å². The van der Waals surface area contributed by atoms with Gasteiger partial charge in [-0.3, -0.25) is 4.79 Å². The van der Waals surface area contributed by atoms with Crippen LogP contribution in [0.5, 0.6) is 0 Å². The molecule has 0 radical (unpaired) electrons. The number of morpholine rings is 1. The molecule has 1 saturated heterocycles. The highest BCUT2D eigenvalue weighted by atomic mass is 32.2. The quantitative estimate of drug-likeness (QED) is 0.650. The highest BCUT2D eigenvalue weighted by molar-refractivity contribution is 7.99. The van der Waals surface area contributed by atoms with Gasteiger partial charge < -0.3 is 9.64 Å². The lowest BCUT2D eigenvalue weighted by Gasteiger charge is -2.26. The van der Waals surface area contributed by atoms with Gasteiger partial charge in [0.1, 0.15) is 10.8 Å². The fourth-order valence-corrected chi connectivity index (χ4v) is 3.45. The second-order valence-corrected chi connectivity index (χ2v) is 6.75. The predicted octanol–water partition coefficient (Wildman–Crippen LogP) is 1.88. The zero-order valence-electron chi connectivity index (χ0n) is 13.8. The number of benzene rings is 1. The number of halogens is 1. The number of carbonyl (C=O) groups excluding carboxylic acids is 1. The predicted molar refractivity (Wildman–Crippen MR) is 94.3 cm³/mol. The minimum atomic E-state index is -0.346. The van der Waals surface area contributed by atoms with Gasteiger partial charge in [-0.05, 0) is 24.3 Å². The van der Waals surface area contributed by atoms with Gasteiger partial charge in [0.05, 0.1) is 19.0 Å². The summed E-state index contributed by atoms with van der Waals surface area (Å²) in [5.41, 5.74) is 1.16. The van der Waals surface area contributed by atoms with E-state index >= 15 is 0 Å². The summed E-state index contributed by atoms with van der Waals surface area (Å²) >= 11 is 1.35. The highest BCUT2D eigenvalue weighted by Crippen LogP contribution is 2.21. The average molecular weight is 373 g/mol. The molecule has 134 valence electrons. The zero-order chi connectivity index (χ0) is 17.9. The molecule has 1 aliphatic heterocycles. The number of carbonyl (C=O) groups is 1. The van der Waals surface area contributed by atoms with Gasteiger partial charge in [-0.25, -0.2) is 4.39 Å². The van der Waals surface area contributed by atoms with Gasteiger partial charge >= 0.3 is 0 Å². The maximum atomic E-state index is 13.5. The van der Waals surface area contributed by atoms with Crippen molar-refractivity contribution < 1.29 is 13.9 Å². The molecular formula is C17H16FN5O2S. The molecule has 0 unspecified atom stereocenters. The molecule has 9 heteroatoms. The summed E-state index contributed by atoms with van der Waals surface area (Å²) in [7, 11) is 0. The molecule has 4 rings (SSSR count). The Morgan fingerprint density at radius 3 is 2.85 bits per heavy atom. The van der Waals surface area contributed by atoms with Crippen LogP contribution in [0.2, 0.25) is 0 Å². The highest BCUT2D eigenvalue weighted by Gasteiger charge is 2.17. The monoisotopic (exact) mass is 373 g/mol. The van der Waals surface area contributed by atoms with Crippen molar-refractivity contribution >= 4 is 23.3 Å². The first-order valence-electron chi connectivity index (χ1n) is 8.17. The van der Waals surface area contributed by atoms with Crippen molar-refractivity contribution in [1.82, 2.24) is 24.7 Å². The summed E-state index contributed by atoms with van der Waals surface area (Å²) in [5.74, 6) is 0.479. The van der Waals surface area contributed by atoms with E-state index in [2.05, 4.69) is 15.3 Å². The van der Waals surface area contributed by atoms with Crippen LogP contribution in [-0.4, -0.2) is 62.7 Å². The van der Waals surface area contributed by atoms with Crippen LogP contribution < -0.4 is 0 Å². The van der Waals surface area contributed by atoms with Crippen molar-refractivity contribution in [1.29, 1.82) is 0 Å². The molecule has 2 aromatic heterocycles. The van der Waals surface area contributed by atoms with E-state index in [0.717, 1.165) is 0 Å². The van der Waals surface area contributed by atoms with E-state index in [1.807, 2.05) is 0 Å². The van der Waals surface area contributed by atoms with Crippen LogP contribution in [0, 0.1) is 5.82 Å². The Kier molecular flexibility index (Phi) is 4.81. The van der Waals surface area contributed by atoms with Crippen LogP contribution in [0.1, 0.15) is 0 Å². The summed E-state index contributed by atoms with van der Waals surface area (Å²) in [4.78, 5) is 14.1. The van der Waals surface area contributed by atoms with Crippen molar-refractivity contribution in [3.05, 3.63) is 42.2 Å². The van der Waals surface area contributed by atoms with Crippen LogP contribution in [0.25, 0.3) is 17.0 Å². The van der Waals surface area contributed by atoms with Gasteiger partial charge in [0.2, 0.25) is 5.91 Å². The normalized spacial score (nSPS) is 14.7. The second-order valence-electron chi connectivity index (χ2n) is 5.76. The number of thioether (sulfide) groups is 1. The van der Waals surface area contributed by atoms with Gasteiger partial charge in [0.15, 0.2) is 11.5 Å². The van der Waals surface area contributed by atoms with Gasteiger partial charge in [0, 0.05) is 18.7 Å². The molecule has 0 aliphatic carbocycles. The Bertz CT molecular complexity index is 942. The summed E-state index contributed by atoms with van der Waals surface area (Å²) in [6.45, 7) is 2.42. The number of hydrogen-bond acceptors (Lipinski definition) is 6. The second kappa shape index (κ2) is 7.38. The lowest BCUT2D eigenvalue weighted by atomic mass is 10.2. The first kappa shape index (κ1) is 16.9. The maximum absolute atomic E-state index is 13.5.